The van der Waals surface area contributed by atoms with E-state index in [1.807, 2.05) is 0 Å². The molecule has 0 saturated carbocycles. The fraction of sp³-hybridized carbons (Fsp3) is 1.00. The largest absolute Gasteiger partial charge is 0.258 e. The lowest BCUT2D eigenvalue weighted by atomic mass is 10.2. The second kappa shape index (κ2) is 13.9. The molecule has 0 bridgehead atoms. The minimum Gasteiger partial charge on any atom is -0.258 e. The Bertz CT molecular complexity index is 92.7. The van der Waals surface area contributed by atoms with Gasteiger partial charge in [-0.05, 0) is 12.8 Å². The molecule has 0 unspecified atom stereocenters. The van der Waals surface area contributed by atoms with Crippen LogP contribution in [0.5, 0.6) is 0 Å². The van der Waals surface area contributed by atoms with Crippen LogP contribution >= 0.6 is 0 Å². The summed E-state index contributed by atoms with van der Waals surface area (Å²) in [4.78, 5) is 0. The van der Waals surface area contributed by atoms with Gasteiger partial charge in [0.2, 0.25) is 0 Å². The quantitative estimate of drug-likeness (QED) is 0.383. The number of hydrazine groups is 1. The Labute approximate surface area is 96.2 Å². The third-order valence-corrected chi connectivity index (χ3v) is 2.69. The van der Waals surface area contributed by atoms with E-state index in [1.165, 1.54) is 57.8 Å². The van der Waals surface area contributed by atoms with Crippen molar-refractivity contribution in [2.75, 3.05) is 13.1 Å². The molecule has 0 spiro atoms. The van der Waals surface area contributed by atoms with Gasteiger partial charge < -0.3 is 0 Å². The molecule has 2 nitrogen and oxygen atoms in total. The van der Waals surface area contributed by atoms with Crippen molar-refractivity contribution in [3.8, 4) is 0 Å². The van der Waals surface area contributed by atoms with Crippen LogP contribution in [0.15, 0.2) is 0 Å². The van der Waals surface area contributed by atoms with E-state index in [0.717, 1.165) is 13.1 Å². The molecule has 0 aromatic rings. The summed E-state index contributed by atoms with van der Waals surface area (Å²) in [5, 5.41) is 0. The maximum absolute atomic E-state index is 3.29. The highest BCUT2D eigenvalue weighted by atomic mass is 15.3. The van der Waals surface area contributed by atoms with Gasteiger partial charge in [0.05, 0.1) is 0 Å². The normalized spacial score (nSPS) is 10.8. The van der Waals surface area contributed by atoms with Crippen LogP contribution in [0, 0.1) is 0 Å². The van der Waals surface area contributed by atoms with Crippen molar-refractivity contribution >= 4 is 0 Å². The molecular weight excluding hydrogens is 184 g/mol. The predicted molar refractivity (Wildman–Crippen MR) is 68.9 cm³/mol. The molecule has 92 valence electrons. The van der Waals surface area contributed by atoms with Crippen LogP contribution in [-0.4, -0.2) is 13.1 Å². The molecule has 2 N–H and O–H groups in total. The first kappa shape index (κ1) is 14.9. The summed E-state index contributed by atoms with van der Waals surface area (Å²) in [6, 6.07) is 0. The summed E-state index contributed by atoms with van der Waals surface area (Å²) in [6.45, 7) is 6.75. The second-order valence-electron chi connectivity index (χ2n) is 4.33. The highest BCUT2D eigenvalue weighted by molar-refractivity contribution is 4.47. The standard InChI is InChI=1S/C13H30N2/c1-3-5-7-9-11-13-15-14-12-10-8-6-4-2/h14-15H,3-13H2,1-2H3. The van der Waals surface area contributed by atoms with Crippen molar-refractivity contribution in [2.45, 2.75) is 71.6 Å². The summed E-state index contributed by atoms with van der Waals surface area (Å²) in [6.07, 6.45) is 12.2. The smallest absolute Gasteiger partial charge is 0.00997 e. The third kappa shape index (κ3) is 13.9. The topological polar surface area (TPSA) is 24.1 Å². The average molecular weight is 214 g/mol. The summed E-state index contributed by atoms with van der Waals surface area (Å²) in [5.41, 5.74) is 6.57. The van der Waals surface area contributed by atoms with E-state index < -0.39 is 0 Å². The molecule has 15 heavy (non-hydrogen) atoms. The molecule has 0 aromatic carbocycles. The minimum absolute atomic E-state index is 1.12. The number of rotatable bonds is 12. The predicted octanol–water partition coefficient (Wildman–Crippen LogP) is 3.63. The van der Waals surface area contributed by atoms with Gasteiger partial charge >= 0.3 is 0 Å². The lowest BCUT2D eigenvalue weighted by Gasteiger charge is -2.06. The zero-order valence-electron chi connectivity index (χ0n) is 10.8. The van der Waals surface area contributed by atoms with E-state index in [4.69, 9.17) is 0 Å². The number of hydrogen-bond donors (Lipinski definition) is 2. The number of hydrogen-bond acceptors (Lipinski definition) is 2. The van der Waals surface area contributed by atoms with Gasteiger partial charge in [0.15, 0.2) is 0 Å². The van der Waals surface area contributed by atoms with Gasteiger partial charge in [-0.1, -0.05) is 58.8 Å². The maximum Gasteiger partial charge on any atom is 0.00997 e. The molecule has 0 rings (SSSR count). The lowest BCUT2D eigenvalue weighted by molar-refractivity contribution is 0.485. The van der Waals surface area contributed by atoms with Crippen LogP contribution in [0.2, 0.25) is 0 Å². The van der Waals surface area contributed by atoms with Crippen molar-refractivity contribution in [3.63, 3.8) is 0 Å². The van der Waals surface area contributed by atoms with Gasteiger partial charge in [0, 0.05) is 13.1 Å². The first-order valence-electron chi connectivity index (χ1n) is 6.87. The summed E-state index contributed by atoms with van der Waals surface area (Å²) in [5.74, 6) is 0. The van der Waals surface area contributed by atoms with Crippen molar-refractivity contribution in [1.82, 2.24) is 10.9 Å². The Morgan fingerprint density at radius 1 is 0.533 bits per heavy atom. The Morgan fingerprint density at radius 2 is 0.933 bits per heavy atom. The Balaban J connectivity index is 2.81. The van der Waals surface area contributed by atoms with E-state index in [9.17, 15) is 0 Å². The van der Waals surface area contributed by atoms with Crippen LogP contribution in [0.1, 0.15) is 71.6 Å². The van der Waals surface area contributed by atoms with Crippen molar-refractivity contribution in [2.24, 2.45) is 0 Å². The summed E-state index contributed by atoms with van der Waals surface area (Å²) in [7, 11) is 0. The number of nitrogens with one attached hydrogen (secondary N) is 2. The first-order valence-corrected chi connectivity index (χ1v) is 6.87. The Morgan fingerprint density at radius 3 is 1.40 bits per heavy atom. The molecule has 0 radical (unpaired) electrons. The highest BCUT2D eigenvalue weighted by Crippen LogP contribution is 2.00. The summed E-state index contributed by atoms with van der Waals surface area (Å²) >= 11 is 0. The Kier molecular flexibility index (Phi) is 13.8. The molecule has 0 atom stereocenters. The summed E-state index contributed by atoms with van der Waals surface area (Å²) < 4.78 is 0. The zero-order chi connectivity index (χ0) is 11.2. The van der Waals surface area contributed by atoms with Crippen LogP contribution in [0.25, 0.3) is 0 Å². The van der Waals surface area contributed by atoms with Gasteiger partial charge in [-0.3, -0.25) is 10.9 Å². The van der Waals surface area contributed by atoms with Gasteiger partial charge in [-0.2, -0.15) is 0 Å². The van der Waals surface area contributed by atoms with E-state index in [2.05, 4.69) is 24.7 Å². The molecule has 0 aliphatic carbocycles. The molecule has 0 fully saturated rings. The highest BCUT2D eigenvalue weighted by Gasteiger charge is 1.89. The zero-order valence-corrected chi connectivity index (χ0v) is 10.8. The molecule has 0 aliphatic heterocycles. The SMILES string of the molecule is CCCCCCCNNCCCCCC. The first-order chi connectivity index (χ1) is 7.41. The molecule has 0 saturated heterocycles. The third-order valence-electron chi connectivity index (χ3n) is 2.69. The lowest BCUT2D eigenvalue weighted by Crippen LogP contribution is -2.33. The van der Waals surface area contributed by atoms with E-state index in [0.29, 0.717) is 0 Å². The monoisotopic (exact) mass is 214 g/mol. The second-order valence-corrected chi connectivity index (χ2v) is 4.33. The van der Waals surface area contributed by atoms with Gasteiger partial charge in [-0.15, -0.1) is 0 Å². The van der Waals surface area contributed by atoms with E-state index in [1.54, 1.807) is 0 Å². The van der Waals surface area contributed by atoms with Crippen LogP contribution in [0.4, 0.5) is 0 Å². The fourth-order valence-electron chi connectivity index (χ4n) is 1.63. The van der Waals surface area contributed by atoms with Gasteiger partial charge in [0.25, 0.3) is 0 Å². The van der Waals surface area contributed by atoms with Crippen molar-refractivity contribution in [3.05, 3.63) is 0 Å². The van der Waals surface area contributed by atoms with E-state index in [-0.39, 0.29) is 0 Å². The fourth-order valence-corrected chi connectivity index (χ4v) is 1.63. The minimum atomic E-state index is 1.12. The molecular formula is C13H30N2. The van der Waals surface area contributed by atoms with Gasteiger partial charge in [0.1, 0.15) is 0 Å². The van der Waals surface area contributed by atoms with Crippen molar-refractivity contribution < 1.29 is 0 Å². The van der Waals surface area contributed by atoms with Crippen LogP contribution in [0.3, 0.4) is 0 Å². The molecule has 0 amide bonds. The van der Waals surface area contributed by atoms with Gasteiger partial charge in [-0.25, -0.2) is 0 Å². The van der Waals surface area contributed by atoms with Crippen LogP contribution in [-0.2, 0) is 0 Å². The van der Waals surface area contributed by atoms with Crippen molar-refractivity contribution in [1.29, 1.82) is 0 Å². The van der Waals surface area contributed by atoms with Crippen LogP contribution < -0.4 is 10.9 Å². The maximum atomic E-state index is 3.29. The number of unbranched alkanes of at least 4 members (excludes halogenated alkanes) is 7. The molecule has 0 heterocycles. The van der Waals surface area contributed by atoms with E-state index >= 15 is 0 Å². The average Bonchev–Trinajstić information content (AvgIpc) is 2.26. The Hall–Kier alpha value is -0.0800. The molecule has 0 aromatic heterocycles. The molecule has 2 heteroatoms. The molecule has 0 aliphatic rings.